The monoisotopic (exact) mass is 538 g/mol. The van der Waals surface area contributed by atoms with Crippen LogP contribution in [0.25, 0.3) is 0 Å². The zero-order valence-corrected chi connectivity index (χ0v) is 23.1. The molecule has 2 unspecified atom stereocenters. The number of fused-ring (bicyclic) bond motifs is 1. The van der Waals surface area contributed by atoms with Crippen molar-refractivity contribution in [3.63, 3.8) is 0 Å². The molecule has 2 aliphatic heterocycles. The first-order chi connectivity index (χ1) is 16.7. The van der Waals surface area contributed by atoms with Crippen LogP contribution in [-0.4, -0.2) is 55.6 Å². The van der Waals surface area contributed by atoms with Gasteiger partial charge in [-0.3, -0.25) is 14.1 Å². The Morgan fingerprint density at radius 3 is 2.56 bits per heavy atom. The second-order valence-corrected chi connectivity index (χ2v) is 14.6. The predicted molar refractivity (Wildman–Crippen MR) is 141 cm³/mol. The maximum Gasteiger partial charge on any atom is 0.348 e. The van der Waals surface area contributed by atoms with E-state index >= 15 is 0 Å². The molecular weight excluding hydrogens is 503 g/mol. The number of hydrogen-bond donors (Lipinski definition) is 3. The highest BCUT2D eigenvalue weighted by Crippen LogP contribution is 2.53. The van der Waals surface area contributed by atoms with Gasteiger partial charge in [0.25, 0.3) is 5.91 Å². The smallest absolute Gasteiger partial charge is 0.348 e. The Morgan fingerprint density at radius 2 is 2.00 bits per heavy atom. The molecule has 0 saturated heterocycles. The topological polar surface area (TPSA) is 137 Å². The summed E-state index contributed by atoms with van der Waals surface area (Å²) >= 11 is 0. The zero-order valence-electron chi connectivity index (χ0n) is 21.4. The van der Waals surface area contributed by atoms with Gasteiger partial charge in [-0.1, -0.05) is 27.2 Å². The van der Waals surface area contributed by atoms with Crippen molar-refractivity contribution in [3.05, 3.63) is 29.5 Å². The van der Waals surface area contributed by atoms with Crippen molar-refractivity contribution in [1.82, 2.24) is 4.90 Å². The van der Waals surface area contributed by atoms with Crippen molar-refractivity contribution in [1.29, 1.82) is 0 Å². The molecule has 1 amide bonds. The second-order valence-electron chi connectivity index (χ2n) is 10.8. The van der Waals surface area contributed by atoms with E-state index in [4.69, 9.17) is 4.52 Å². The number of sulfonamides is 1. The molecule has 0 radical (unpaired) electrons. The molecule has 36 heavy (non-hydrogen) atoms. The van der Waals surface area contributed by atoms with Crippen LogP contribution in [0.4, 0.5) is 11.4 Å². The number of nitrogens with zero attached hydrogens (tertiary/aromatic N) is 2. The lowest BCUT2D eigenvalue weighted by atomic mass is 9.78. The molecule has 3 aliphatic rings. The van der Waals surface area contributed by atoms with Crippen molar-refractivity contribution >= 4 is 46.0 Å². The molecule has 0 aromatic heterocycles. The number of aliphatic hydroxyl groups is 1. The lowest BCUT2D eigenvalue weighted by Crippen LogP contribution is -2.44. The van der Waals surface area contributed by atoms with Gasteiger partial charge in [0.2, 0.25) is 10.0 Å². The average molecular weight is 539 g/mol. The Hall–Kier alpha value is -2.36. The molecule has 1 aromatic carbocycles. The molecular formula is C24H35N4O6PS. The lowest BCUT2D eigenvalue weighted by molar-refractivity contribution is -0.128. The quantitative estimate of drug-likeness (QED) is 0.426. The lowest BCUT2D eigenvalue weighted by Gasteiger charge is -2.38. The Bertz CT molecular complexity index is 1280. The Labute approximate surface area is 212 Å². The van der Waals surface area contributed by atoms with Crippen LogP contribution in [0.5, 0.6) is 0 Å². The molecule has 1 aliphatic carbocycles. The fourth-order valence-electron chi connectivity index (χ4n) is 4.70. The first kappa shape index (κ1) is 26.7. The largest absolute Gasteiger partial charge is 0.509 e. The molecule has 3 N–H and O–H groups in total. The van der Waals surface area contributed by atoms with E-state index < -0.39 is 23.6 Å². The van der Waals surface area contributed by atoms with Gasteiger partial charge in [-0.2, -0.15) is 4.76 Å². The van der Waals surface area contributed by atoms with Crippen LogP contribution in [0.3, 0.4) is 0 Å². The van der Waals surface area contributed by atoms with Gasteiger partial charge in [0, 0.05) is 12.2 Å². The summed E-state index contributed by atoms with van der Waals surface area (Å²) in [6.07, 6.45) is 4.70. The standard InChI is InChI=1S/C24H35N4O6PS/c1-6-34-35(31)18-14-16(27-36(5,32)33)10-11-17(18)25-22(26-35)19-21(29)20(15-8-7-9-15)28(23(19)30)13-12-24(2,3)4/h10-11,14-15,20,27,29H,6-9,12-13H2,1-5H3,(H,25,26,31). The molecule has 1 fully saturated rings. The maximum atomic E-state index is 13.9. The first-order valence-electron chi connectivity index (χ1n) is 12.2. The van der Waals surface area contributed by atoms with Crippen molar-refractivity contribution < 1.29 is 27.4 Å². The van der Waals surface area contributed by atoms with Gasteiger partial charge in [-0.25, -0.2) is 8.42 Å². The Morgan fingerprint density at radius 1 is 1.31 bits per heavy atom. The molecule has 198 valence electrons. The summed E-state index contributed by atoms with van der Waals surface area (Å²) in [5, 5.41) is 14.5. The van der Waals surface area contributed by atoms with Crippen molar-refractivity contribution in [3.8, 4) is 0 Å². The predicted octanol–water partition coefficient (Wildman–Crippen LogP) is 4.00. The van der Waals surface area contributed by atoms with E-state index in [2.05, 4.69) is 35.6 Å². The minimum absolute atomic E-state index is 0.00471. The van der Waals surface area contributed by atoms with Crippen LogP contribution in [0.2, 0.25) is 0 Å². The van der Waals surface area contributed by atoms with Gasteiger partial charge in [-0.15, -0.1) is 0 Å². The summed E-state index contributed by atoms with van der Waals surface area (Å²) < 4.78 is 49.6. The molecule has 2 heterocycles. The first-order valence-corrected chi connectivity index (χ1v) is 15.7. The number of aliphatic hydroxyl groups excluding tert-OH is 1. The van der Waals surface area contributed by atoms with E-state index in [1.807, 2.05) is 0 Å². The van der Waals surface area contributed by atoms with Crippen LogP contribution >= 0.6 is 7.52 Å². The highest BCUT2D eigenvalue weighted by molar-refractivity contribution is 7.92. The molecule has 4 rings (SSSR count). The Kier molecular flexibility index (Phi) is 7.05. The third kappa shape index (κ3) is 5.33. The summed E-state index contributed by atoms with van der Waals surface area (Å²) in [5.41, 5.74) is 0.612. The van der Waals surface area contributed by atoms with Gasteiger partial charge >= 0.3 is 7.52 Å². The van der Waals surface area contributed by atoms with Crippen LogP contribution in [0, 0.1) is 11.3 Å². The van der Waals surface area contributed by atoms with Gasteiger partial charge in [-0.05, 0) is 55.7 Å². The molecule has 1 aromatic rings. The number of hydrogen-bond acceptors (Lipinski definition) is 7. The Balaban J connectivity index is 1.74. The summed E-state index contributed by atoms with van der Waals surface area (Å²) in [4.78, 5) is 15.4. The molecule has 1 saturated carbocycles. The van der Waals surface area contributed by atoms with E-state index in [0.717, 1.165) is 31.9 Å². The maximum absolute atomic E-state index is 13.9. The van der Waals surface area contributed by atoms with Crippen molar-refractivity contribution in [2.75, 3.05) is 29.4 Å². The van der Waals surface area contributed by atoms with E-state index in [9.17, 15) is 22.9 Å². The van der Waals surface area contributed by atoms with Crippen LogP contribution in [0.1, 0.15) is 53.4 Å². The SMILES string of the molecule is CCOP1(=O)N=C(C2=C(O)C(C3CCC3)N(CCC(C)(C)C)C2=O)Nc2ccc(NS(C)(=O)=O)cc21. The van der Waals surface area contributed by atoms with E-state index in [-0.39, 0.29) is 52.0 Å². The van der Waals surface area contributed by atoms with E-state index in [0.29, 0.717) is 12.2 Å². The van der Waals surface area contributed by atoms with Crippen LogP contribution in [0.15, 0.2) is 34.3 Å². The number of benzene rings is 1. The highest BCUT2D eigenvalue weighted by atomic mass is 32.2. The third-order valence-corrected chi connectivity index (χ3v) is 9.33. The third-order valence-electron chi connectivity index (χ3n) is 6.68. The van der Waals surface area contributed by atoms with Gasteiger partial charge < -0.3 is 19.8 Å². The van der Waals surface area contributed by atoms with Gasteiger partial charge in [0.1, 0.15) is 11.3 Å². The molecule has 2 atom stereocenters. The van der Waals surface area contributed by atoms with Crippen molar-refractivity contribution in [2.45, 2.75) is 59.4 Å². The van der Waals surface area contributed by atoms with Gasteiger partial charge in [0.05, 0.1) is 29.9 Å². The minimum atomic E-state index is -3.88. The molecule has 10 nitrogen and oxygen atoms in total. The van der Waals surface area contributed by atoms with Crippen LogP contribution in [-0.2, 0) is 23.9 Å². The minimum Gasteiger partial charge on any atom is -0.509 e. The number of rotatable bonds is 8. The number of amides is 1. The average Bonchev–Trinajstić information content (AvgIpc) is 2.94. The summed E-state index contributed by atoms with van der Waals surface area (Å²) in [6, 6.07) is 4.06. The molecule has 12 heteroatoms. The van der Waals surface area contributed by atoms with E-state index in [1.165, 1.54) is 12.1 Å². The number of amidine groups is 1. The zero-order chi connectivity index (χ0) is 26.5. The normalized spacial score (nSPS) is 24.8. The number of carbonyl (C=O) groups is 1. The second kappa shape index (κ2) is 9.50. The summed E-state index contributed by atoms with van der Waals surface area (Å²) in [6.45, 7) is 8.57. The molecule has 0 spiro atoms. The fraction of sp³-hybridized carbons (Fsp3) is 0.583. The molecule has 0 bridgehead atoms. The highest BCUT2D eigenvalue weighted by Gasteiger charge is 2.48. The number of anilines is 2. The number of carbonyl (C=O) groups excluding carboxylic acids is 1. The summed E-state index contributed by atoms with van der Waals surface area (Å²) in [5.74, 6) is -0.215. The van der Waals surface area contributed by atoms with E-state index in [1.54, 1.807) is 17.9 Å². The van der Waals surface area contributed by atoms with Gasteiger partial charge in [0.15, 0.2) is 5.84 Å². The fourth-order valence-corrected chi connectivity index (χ4v) is 7.06. The number of nitrogens with one attached hydrogen (secondary N) is 2. The summed E-state index contributed by atoms with van der Waals surface area (Å²) in [7, 11) is -7.43. The van der Waals surface area contributed by atoms with Crippen LogP contribution < -0.4 is 15.3 Å². The van der Waals surface area contributed by atoms with Crippen molar-refractivity contribution in [2.24, 2.45) is 16.1 Å².